The predicted octanol–water partition coefficient (Wildman–Crippen LogP) is 4.79. The van der Waals surface area contributed by atoms with Crippen molar-refractivity contribution >= 4 is 28.4 Å². The number of rotatable bonds is 6. The second-order valence-corrected chi connectivity index (χ2v) is 9.53. The molecule has 4 aromatic heterocycles. The minimum absolute atomic E-state index is 0.236. The van der Waals surface area contributed by atoms with Gasteiger partial charge in [0.05, 0.1) is 11.7 Å². The minimum Gasteiger partial charge on any atom is -0.366 e. The summed E-state index contributed by atoms with van der Waals surface area (Å²) in [6.45, 7) is 4.14. The van der Waals surface area contributed by atoms with Crippen molar-refractivity contribution in [3.63, 3.8) is 0 Å². The molecule has 2 fully saturated rings. The Morgan fingerprint density at radius 3 is 2.72 bits per heavy atom. The minimum atomic E-state index is -0.783. The van der Waals surface area contributed by atoms with Gasteiger partial charge in [0, 0.05) is 29.4 Å². The molecule has 8 nitrogen and oxygen atoms in total. The summed E-state index contributed by atoms with van der Waals surface area (Å²) in [5.41, 5.74) is 2.65. The SMILES string of the molecule is C[C@@H]1CNCC[C@H]1Nc1nc(-c2ccnc(Nc3nc(F)ccc3F)c2)nc2cncc(C3CC3)c12. The van der Waals surface area contributed by atoms with Crippen LogP contribution in [0, 0.1) is 17.7 Å². The van der Waals surface area contributed by atoms with Gasteiger partial charge in [-0.3, -0.25) is 4.98 Å². The van der Waals surface area contributed by atoms with Gasteiger partial charge < -0.3 is 16.0 Å². The molecular weight excluding hydrogens is 462 g/mol. The fourth-order valence-corrected chi connectivity index (χ4v) is 4.72. The molecule has 1 saturated carbocycles. The molecule has 36 heavy (non-hydrogen) atoms. The largest absolute Gasteiger partial charge is 0.366 e. The molecule has 0 amide bonds. The summed E-state index contributed by atoms with van der Waals surface area (Å²) < 4.78 is 27.6. The third-order valence-electron chi connectivity index (χ3n) is 6.84. The third-order valence-corrected chi connectivity index (χ3v) is 6.84. The lowest BCUT2D eigenvalue weighted by Crippen LogP contribution is -2.42. The topological polar surface area (TPSA) is 101 Å². The second-order valence-electron chi connectivity index (χ2n) is 9.53. The van der Waals surface area contributed by atoms with Crippen LogP contribution in [0.25, 0.3) is 22.3 Å². The van der Waals surface area contributed by atoms with Crippen molar-refractivity contribution in [1.29, 1.82) is 0 Å². The first-order valence-corrected chi connectivity index (χ1v) is 12.2. The van der Waals surface area contributed by atoms with E-state index in [0.717, 1.165) is 61.2 Å². The van der Waals surface area contributed by atoms with Crippen molar-refractivity contribution in [3.8, 4) is 11.4 Å². The molecule has 6 rings (SSSR count). The normalized spacial score (nSPS) is 19.9. The standard InChI is InChI=1S/C26H26F2N8/c1-14-11-29-8-7-19(14)32-26-23-17(15-2-3-15)12-30-13-20(23)33-24(36-26)16-6-9-31-22(10-16)35-25-18(27)4-5-21(28)34-25/h4-6,9-10,12-15,19,29H,2-3,7-8,11H2,1H3,(H,31,34,35)(H,32,33,36)/t14-,19-/m1/s1. The molecular formula is C26H26F2N8. The molecule has 3 N–H and O–H groups in total. The Labute approximate surface area is 207 Å². The molecule has 1 saturated heterocycles. The molecule has 0 bridgehead atoms. The zero-order chi connectivity index (χ0) is 24.6. The highest BCUT2D eigenvalue weighted by Crippen LogP contribution is 2.44. The van der Waals surface area contributed by atoms with Crippen molar-refractivity contribution in [2.45, 2.75) is 38.1 Å². The number of anilines is 3. The monoisotopic (exact) mass is 488 g/mol. The van der Waals surface area contributed by atoms with E-state index in [-0.39, 0.29) is 11.9 Å². The molecule has 0 aromatic carbocycles. The van der Waals surface area contributed by atoms with Crippen LogP contribution in [0.4, 0.5) is 26.2 Å². The summed E-state index contributed by atoms with van der Waals surface area (Å²) in [5.74, 6) is 0.859. The van der Waals surface area contributed by atoms with Gasteiger partial charge in [0.25, 0.3) is 0 Å². The fourth-order valence-electron chi connectivity index (χ4n) is 4.72. The lowest BCUT2D eigenvalue weighted by molar-refractivity contribution is 0.368. The van der Waals surface area contributed by atoms with E-state index >= 15 is 0 Å². The van der Waals surface area contributed by atoms with Crippen LogP contribution in [0.3, 0.4) is 0 Å². The van der Waals surface area contributed by atoms with Gasteiger partial charge in [-0.25, -0.2) is 19.3 Å². The Balaban J connectivity index is 1.41. The molecule has 0 radical (unpaired) electrons. The number of halogens is 2. The number of piperidine rings is 1. The van der Waals surface area contributed by atoms with Gasteiger partial charge in [-0.1, -0.05) is 6.92 Å². The van der Waals surface area contributed by atoms with E-state index in [1.54, 1.807) is 24.5 Å². The molecule has 2 aliphatic rings. The lowest BCUT2D eigenvalue weighted by Gasteiger charge is -2.31. The zero-order valence-corrected chi connectivity index (χ0v) is 19.8. The highest BCUT2D eigenvalue weighted by molar-refractivity contribution is 5.93. The van der Waals surface area contributed by atoms with Crippen molar-refractivity contribution in [1.82, 2.24) is 30.2 Å². The summed E-state index contributed by atoms with van der Waals surface area (Å²) >= 11 is 0. The van der Waals surface area contributed by atoms with Gasteiger partial charge >= 0.3 is 0 Å². The Morgan fingerprint density at radius 1 is 1.00 bits per heavy atom. The number of nitrogens with zero attached hydrogens (tertiary/aromatic N) is 5. The predicted molar refractivity (Wildman–Crippen MR) is 134 cm³/mol. The average Bonchev–Trinajstić information content (AvgIpc) is 3.73. The molecule has 184 valence electrons. The molecule has 2 atom stereocenters. The van der Waals surface area contributed by atoms with Crippen molar-refractivity contribution in [2.24, 2.45) is 5.92 Å². The maximum absolute atomic E-state index is 14.1. The maximum atomic E-state index is 14.1. The Kier molecular flexibility index (Phi) is 5.88. The van der Waals surface area contributed by atoms with Crippen LogP contribution >= 0.6 is 0 Å². The van der Waals surface area contributed by atoms with E-state index in [2.05, 4.69) is 37.8 Å². The Morgan fingerprint density at radius 2 is 1.89 bits per heavy atom. The Hall–Kier alpha value is -3.79. The van der Waals surface area contributed by atoms with Gasteiger partial charge in [0.15, 0.2) is 17.5 Å². The van der Waals surface area contributed by atoms with Gasteiger partial charge in [-0.15, -0.1) is 0 Å². The molecule has 0 spiro atoms. The number of pyridine rings is 3. The molecule has 10 heteroatoms. The number of fused-ring (bicyclic) bond motifs is 1. The van der Waals surface area contributed by atoms with Crippen LogP contribution in [0.15, 0.2) is 42.9 Å². The van der Waals surface area contributed by atoms with Crippen molar-refractivity contribution in [3.05, 3.63) is 60.2 Å². The van der Waals surface area contributed by atoms with Gasteiger partial charge in [-0.05, 0) is 74.0 Å². The van der Waals surface area contributed by atoms with Crippen LogP contribution in [0.1, 0.15) is 37.7 Å². The van der Waals surface area contributed by atoms with E-state index < -0.39 is 11.8 Å². The second kappa shape index (κ2) is 9.34. The summed E-state index contributed by atoms with van der Waals surface area (Å²) in [5, 5.41) is 10.9. The van der Waals surface area contributed by atoms with E-state index in [4.69, 9.17) is 9.97 Å². The van der Waals surface area contributed by atoms with Crippen LogP contribution < -0.4 is 16.0 Å². The fraction of sp³-hybridized carbons (Fsp3) is 0.346. The third kappa shape index (κ3) is 4.56. The molecule has 5 heterocycles. The van der Waals surface area contributed by atoms with Gasteiger partial charge in [-0.2, -0.15) is 9.37 Å². The maximum Gasteiger partial charge on any atom is 0.214 e. The molecule has 4 aromatic rings. The number of nitrogens with one attached hydrogen (secondary N) is 3. The van der Waals surface area contributed by atoms with E-state index in [9.17, 15) is 8.78 Å². The van der Waals surface area contributed by atoms with E-state index in [0.29, 0.717) is 29.0 Å². The summed E-state index contributed by atoms with van der Waals surface area (Å²) in [6, 6.07) is 5.76. The van der Waals surface area contributed by atoms with Gasteiger partial charge in [0.2, 0.25) is 5.95 Å². The zero-order valence-electron chi connectivity index (χ0n) is 19.8. The first-order valence-electron chi connectivity index (χ1n) is 12.2. The van der Waals surface area contributed by atoms with E-state index in [1.807, 2.05) is 6.20 Å². The van der Waals surface area contributed by atoms with E-state index in [1.165, 1.54) is 5.56 Å². The highest BCUT2D eigenvalue weighted by Gasteiger charge is 2.29. The smallest absolute Gasteiger partial charge is 0.214 e. The quantitative estimate of drug-likeness (QED) is 0.333. The number of hydrogen-bond acceptors (Lipinski definition) is 8. The van der Waals surface area contributed by atoms with Crippen LogP contribution in [0.2, 0.25) is 0 Å². The molecule has 0 unspecified atom stereocenters. The first kappa shape index (κ1) is 22.7. The van der Waals surface area contributed by atoms with Crippen LogP contribution in [-0.4, -0.2) is 44.1 Å². The first-order chi connectivity index (χ1) is 17.5. The summed E-state index contributed by atoms with van der Waals surface area (Å²) in [4.78, 5) is 22.1. The van der Waals surface area contributed by atoms with Crippen LogP contribution in [-0.2, 0) is 0 Å². The Bertz CT molecular complexity index is 1420. The summed E-state index contributed by atoms with van der Waals surface area (Å²) in [6.07, 6.45) is 8.58. The lowest BCUT2D eigenvalue weighted by atomic mass is 9.95. The average molecular weight is 489 g/mol. The van der Waals surface area contributed by atoms with Crippen molar-refractivity contribution in [2.75, 3.05) is 23.7 Å². The van der Waals surface area contributed by atoms with Crippen LogP contribution in [0.5, 0.6) is 0 Å². The van der Waals surface area contributed by atoms with Crippen molar-refractivity contribution < 1.29 is 8.78 Å². The number of aromatic nitrogens is 5. The van der Waals surface area contributed by atoms with Gasteiger partial charge in [0.1, 0.15) is 11.6 Å². The highest BCUT2D eigenvalue weighted by atomic mass is 19.1. The summed E-state index contributed by atoms with van der Waals surface area (Å²) in [7, 11) is 0. The molecule has 1 aliphatic heterocycles. The number of hydrogen-bond donors (Lipinski definition) is 3. The molecule has 1 aliphatic carbocycles.